The molecule has 0 aliphatic carbocycles. The molecule has 0 saturated carbocycles. The lowest BCUT2D eigenvalue weighted by Crippen LogP contribution is -2.19. The minimum Gasteiger partial charge on any atom is -0.324 e. The SMILES string of the molecule is Cc1ccc(F)cc1C(N)CC(C)CC(C)(C)C. The Hall–Kier alpha value is -0.890. The number of aryl methyl sites for hydroxylation is 1. The molecule has 0 saturated heterocycles. The van der Waals surface area contributed by atoms with Gasteiger partial charge in [0.15, 0.2) is 0 Å². The maximum atomic E-state index is 13.3. The predicted octanol–water partition coefficient (Wildman–Crippen LogP) is 4.60. The van der Waals surface area contributed by atoms with Crippen LogP contribution in [-0.2, 0) is 0 Å². The third-order valence-electron chi connectivity index (χ3n) is 3.26. The zero-order chi connectivity index (χ0) is 13.9. The Morgan fingerprint density at radius 1 is 1.28 bits per heavy atom. The summed E-state index contributed by atoms with van der Waals surface area (Å²) in [5.74, 6) is 0.345. The summed E-state index contributed by atoms with van der Waals surface area (Å²) in [6.45, 7) is 10.9. The number of halogens is 1. The lowest BCUT2D eigenvalue weighted by atomic mass is 9.82. The number of hydrogen-bond donors (Lipinski definition) is 1. The van der Waals surface area contributed by atoms with Crippen molar-refractivity contribution in [1.29, 1.82) is 0 Å². The predicted molar refractivity (Wildman–Crippen MR) is 75.9 cm³/mol. The summed E-state index contributed by atoms with van der Waals surface area (Å²) < 4.78 is 13.3. The monoisotopic (exact) mass is 251 g/mol. The summed E-state index contributed by atoms with van der Waals surface area (Å²) in [5.41, 5.74) is 8.55. The van der Waals surface area contributed by atoms with Crippen molar-refractivity contribution in [3.05, 3.63) is 35.1 Å². The first-order valence-electron chi connectivity index (χ1n) is 6.70. The van der Waals surface area contributed by atoms with Crippen molar-refractivity contribution in [2.75, 3.05) is 0 Å². The summed E-state index contributed by atoms with van der Waals surface area (Å²) in [4.78, 5) is 0. The maximum Gasteiger partial charge on any atom is 0.123 e. The molecule has 0 heterocycles. The molecule has 1 aromatic carbocycles. The number of rotatable bonds is 4. The average molecular weight is 251 g/mol. The van der Waals surface area contributed by atoms with Crippen molar-refractivity contribution >= 4 is 0 Å². The van der Waals surface area contributed by atoms with Gasteiger partial charge in [0, 0.05) is 6.04 Å². The van der Waals surface area contributed by atoms with Crippen molar-refractivity contribution in [2.24, 2.45) is 17.1 Å². The van der Waals surface area contributed by atoms with E-state index >= 15 is 0 Å². The van der Waals surface area contributed by atoms with Gasteiger partial charge in [0.1, 0.15) is 5.82 Å². The molecular formula is C16H26FN. The van der Waals surface area contributed by atoms with Crippen molar-refractivity contribution in [3.63, 3.8) is 0 Å². The van der Waals surface area contributed by atoms with Gasteiger partial charge in [-0.15, -0.1) is 0 Å². The standard InChI is InChI=1S/C16H26FN/c1-11(10-16(3,4)5)8-15(18)14-9-13(17)7-6-12(14)2/h6-7,9,11,15H,8,10,18H2,1-5H3. The topological polar surface area (TPSA) is 26.0 Å². The first-order chi connectivity index (χ1) is 8.19. The Morgan fingerprint density at radius 3 is 2.44 bits per heavy atom. The molecule has 2 heteroatoms. The zero-order valence-corrected chi connectivity index (χ0v) is 12.3. The number of nitrogens with two attached hydrogens (primary N) is 1. The highest BCUT2D eigenvalue weighted by Gasteiger charge is 2.19. The maximum absolute atomic E-state index is 13.3. The van der Waals surface area contributed by atoms with Crippen molar-refractivity contribution in [2.45, 2.75) is 53.5 Å². The molecule has 0 spiro atoms. The van der Waals surface area contributed by atoms with Crippen LogP contribution in [0.3, 0.4) is 0 Å². The highest BCUT2D eigenvalue weighted by molar-refractivity contribution is 5.29. The van der Waals surface area contributed by atoms with Crippen molar-refractivity contribution < 1.29 is 4.39 Å². The Labute approximate surface area is 111 Å². The van der Waals surface area contributed by atoms with E-state index in [-0.39, 0.29) is 11.9 Å². The molecule has 0 amide bonds. The van der Waals surface area contributed by atoms with Crippen LogP contribution in [0.4, 0.5) is 4.39 Å². The van der Waals surface area contributed by atoms with Crippen molar-refractivity contribution in [1.82, 2.24) is 0 Å². The molecule has 1 aromatic rings. The first-order valence-corrected chi connectivity index (χ1v) is 6.70. The minimum absolute atomic E-state index is 0.0713. The summed E-state index contributed by atoms with van der Waals surface area (Å²) in [6.07, 6.45) is 2.04. The number of hydrogen-bond acceptors (Lipinski definition) is 1. The molecular weight excluding hydrogens is 225 g/mol. The zero-order valence-electron chi connectivity index (χ0n) is 12.3. The van der Waals surface area contributed by atoms with Gasteiger partial charge in [-0.1, -0.05) is 33.8 Å². The molecule has 0 radical (unpaired) electrons. The van der Waals surface area contributed by atoms with E-state index in [1.807, 2.05) is 6.92 Å². The van der Waals surface area contributed by atoms with Gasteiger partial charge in [-0.25, -0.2) is 4.39 Å². The van der Waals surface area contributed by atoms with Gasteiger partial charge >= 0.3 is 0 Å². The van der Waals surface area contributed by atoms with E-state index in [0.29, 0.717) is 11.3 Å². The normalized spacial score (nSPS) is 15.5. The lowest BCUT2D eigenvalue weighted by Gasteiger charge is -2.26. The fraction of sp³-hybridized carbons (Fsp3) is 0.625. The molecule has 0 bridgehead atoms. The van der Waals surface area contributed by atoms with Crippen LogP contribution in [0.15, 0.2) is 18.2 Å². The Kier molecular flexibility index (Phi) is 4.92. The van der Waals surface area contributed by atoms with Crippen LogP contribution in [0.2, 0.25) is 0 Å². The van der Waals surface area contributed by atoms with Gasteiger partial charge in [-0.2, -0.15) is 0 Å². The molecule has 2 atom stereocenters. The smallest absolute Gasteiger partial charge is 0.123 e. The van der Waals surface area contributed by atoms with E-state index in [0.717, 1.165) is 24.0 Å². The molecule has 0 aliphatic heterocycles. The highest BCUT2D eigenvalue weighted by atomic mass is 19.1. The van der Waals surface area contributed by atoms with Crippen LogP contribution in [0.25, 0.3) is 0 Å². The summed E-state index contributed by atoms with van der Waals surface area (Å²) >= 11 is 0. The third-order valence-corrected chi connectivity index (χ3v) is 3.26. The van der Waals surface area contributed by atoms with Crippen LogP contribution in [0.1, 0.15) is 57.7 Å². The van der Waals surface area contributed by atoms with E-state index < -0.39 is 0 Å². The summed E-state index contributed by atoms with van der Waals surface area (Å²) in [5, 5.41) is 0. The Bertz CT molecular complexity index is 393. The molecule has 1 nitrogen and oxygen atoms in total. The van der Waals surface area contributed by atoms with E-state index in [1.165, 1.54) is 6.07 Å². The molecule has 0 fully saturated rings. The van der Waals surface area contributed by atoms with Crippen LogP contribution in [0.5, 0.6) is 0 Å². The average Bonchev–Trinajstić information content (AvgIpc) is 2.18. The fourth-order valence-electron chi connectivity index (χ4n) is 2.70. The van der Waals surface area contributed by atoms with Crippen LogP contribution in [0, 0.1) is 24.1 Å². The minimum atomic E-state index is -0.200. The van der Waals surface area contributed by atoms with E-state index in [9.17, 15) is 4.39 Å². The second-order valence-electron chi connectivity index (χ2n) is 6.71. The van der Waals surface area contributed by atoms with Crippen LogP contribution < -0.4 is 5.73 Å². The second-order valence-corrected chi connectivity index (χ2v) is 6.71. The molecule has 2 unspecified atom stereocenters. The van der Waals surface area contributed by atoms with Crippen LogP contribution >= 0.6 is 0 Å². The van der Waals surface area contributed by atoms with Gasteiger partial charge in [-0.3, -0.25) is 0 Å². The number of benzene rings is 1. The highest BCUT2D eigenvalue weighted by Crippen LogP contribution is 2.30. The van der Waals surface area contributed by atoms with Gasteiger partial charge in [0.2, 0.25) is 0 Å². The Morgan fingerprint density at radius 2 is 1.89 bits per heavy atom. The Balaban J connectivity index is 2.70. The second kappa shape index (κ2) is 5.83. The molecule has 0 aromatic heterocycles. The van der Waals surface area contributed by atoms with E-state index in [4.69, 9.17) is 5.73 Å². The first kappa shape index (κ1) is 15.2. The fourth-order valence-corrected chi connectivity index (χ4v) is 2.70. The van der Waals surface area contributed by atoms with E-state index in [1.54, 1.807) is 12.1 Å². The molecule has 102 valence electrons. The van der Waals surface area contributed by atoms with Crippen LogP contribution in [-0.4, -0.2) is 0 Å². The van der Waals surface area contributed by atoms with Gasteiger partial charge in [0.05, 0.1) is 0 Å². The van der Waals surface area contributed by atoms with Gasteiger partial charge in [0.25, 0.3) is 0 Å². The molecule has 18 heavy (non-hydrogen) atoms. The summed E-state index contributed by atoms with van der Waals surface area (Å²) in [7, 11) is 0. The largest absolute Gasteiger partial charge is 0.324 e. The molecule has 2 N–H and O–H groups in total. The summed E-state index contributed by atoms with van der Waals surface area (Å²) in [6, 6.07) is 4.80. The quantitative estimate of drug-likeness (QED) is 0.831. The third kappa shape index (κ3) is 4.77. The van der Waals surface area contributed by atoms with Gasteiger partial charge in [-0.05, 0) is 54.4 Å². The van der Waals surface area contributed by atoms with E-state index in [2.05, 4.69) is 27.7 Å². The molecule has 1 rings (SSSR count). The lowest BCUT2D eigenvalue weighted by molar-refractivity contribution is 0.286. The molecule has 0 aliphatic rings. The van der Waals surface area contributed by atoms with Crippen molar-refractivity contribution in [3.8, 4) is 0 Å². The van der Waals surface area contributed by atoms with Gasteiger partial charge < -0.3 is 5.73 Å².